The molecule has 35 heavy (non-hydrogen) atoms. The number of anilines is 1. The molecule has 0 radical (unpaired) electrons. The van der Waals surface area contributed by atoms with Gasteiger partial charge in [-0.2, -0.15) is 0 Å². The molecule has 0 spiro atoms. The molecule has 0 atom stereocenters. The molecule has 2 aliphatic rings. The van der Waals surface area contributed by atoms with Crippen LogP contribution < -0.4 is 10.9 Å². The van der Waals surface area contributed by atoms with Gasteiger partial charge >= 0.3 is 5.97 Å². The highest BCUT2D eigenvalue weighted by Gasteiger charge is 2.24. The molecule has 5 rings (SSSR count). The number of aryl methyl sites for hydroxylation is 2. The molecule has 1 aliphatic heterocycles. The van der Waals surface area contributed by atoms with Gasteiger partial charge in [0.05, 0.1) is 30.7 Å². The Hall–Kier alpha value is -2.63. The van der Waals surface area contributed by atoms with E-state index in [0.717, 1.165) is 62.0 Å². The summed E-state index contributed by atoms with van der Waals surface area (Å²) >= 11 is 2.88. The van der Waals surface area contributed by atoms with Crippen molar-refractivity contribution in [3.63, 3.8) is 0 Å². The zero-order valence-corrected chi connectivity index (χ0v) is 21.4. The fraction of sp³-hybridized carbons (Fsp3) is 0.542. The highest BCUT2D eigenvalue weighted by atomic mass is 32.1. The summed E-state index contributed by atoms with van der Waals surface area (Å²) in [5.74, 6) is -0.0513. The van der Waals surface area contributed by atoms with Gasteiger partial charge in [0.2, 0.25) is 5.91 Å². The van der Waals surface area contributed by atoms with E-state index in [0.29, 0.717) is 35.2 Å². The third-order valence-electron chi connectivity index (χ3n) is 6.45. The van der Waals surface area contributed by atoms with Gasteiger partial charge in [-0.1, -0.05) is 0 Å². The number of fused-ring (bicyclic) bond motifs is 3. The molecule has 1 fully saturated rings. The van der Waals surface area contributed by atoms with E-state index in [2.05, 4.69) is 15.2 Å². The molecular weight excluding hydrogens is 486 g/mol. The van der Waals surface area contributed by atoms with E-state index < -0.39 is 0 Å². The molecule has 9 nitrogen and oxygen atoms in total. The van der Waals surface area contributed by atoms with Crippen LogP contribution in [0.4, 0.5) is 5.13 Å². The van der Waals surface area contributed by atoms with Crippen molar-refractivity contribution in [2.75, 3.05) is 25.0 Å². The number of rotatable bonds is 8. The number of thiophene rings is 1. The molecule has 0 bridgehead atoms. The van der Waals surface area contributed by atoms with Gasteiger partial charge in [-0.25, -0.2) is 9.97 Å². The summed E-state index contributed by atoms with van der Waals surface area (Å²) in [6, 6.07) is 0. The number of likely N-dealkylation sites (tertiary alicyclic amines) is 1. The smallest absolute Gasteiger partial charge is 0.311 e. The lowest BCUT2D eigenvalue weighted by Crippen LogP contribution is -2.33. The van der Waals surface area contributed by atoms with Crippen LogP contribution in [0.15, 0.2) is 10.2 Å². The lowest BCUT2D eigenvalue weighted by molar-refractivity contribution is -0.142. The van der Waals surface area contributed by atoms with Crippen LogP contribution in [-0.4, -0.2) is 51.0 Å². The minimum Gasteiger partial charge on any atom is -0.466 e. The third kappa shape index (κ3) is 5.31. The number of carbonyl (C=O) groups is 2. The lowest BCUT2D eigenvalue weighted by atomic mass is 9.97. The summed E-state index contributed by atoms with van der Waals surface area (Å²) in [6.45, 7) is 4.45. The molecule has 11 heteroatoms. The monoisotopic (exact) mass is 515 g/mol. The summed E-state index contributed by atoms with van der Waals surface area (Å²) in [7, 11) is 0. The van der Waals surface area contributed by atoms with Crippen molar-refractivity contribution >= 4 is 49.9 Å². The van der Waals surface area contributed by atoms with Gasteiger partial charge in [0.15, 0.2) is 5.13 Å². The minimum absolute atomic E-state index is 0.0590. The Morgan fingerprint density at radius 1 is 1.14 bits per heavy atom. The number of amides is 1. The van der Waals surface area contributed by atoms with Crippen molar-refractivity contribution < 1.29 is 14.3 Å². The average Bonchev–Trinajstić information content (AvgIpc) is 3.57. The fourth-order valence-electron chi connectivity index (χ4n) is 4.81. The SMILES string of the molecule is CCOC(=O)Cc1csc(NC(=O)Cn2c(CN3CCCC3)nc3sc4c(c3c2=O)CCCC4)n1. The topological polar surface area (TPSA) is 106 Å². The molecular formula is C24H29N5O4S2. The molecule has 1 aliphatic carbocycles. The maximum Gasteiger partial charge on any atom is 0.311 e. The number of aromatic nitrogens is 3. The fourth-order valence-corrected chi connectivity index (χ4v) is 6.81. The number of ether oxygens (including phenoxy) is 1. The normalized spacial score (nSPS) is 15.9. The number of carbonyl (C=O) groups excluding carboxylic acids is 2. The number of esters is 1. The van der Waals surface area contributed by atoms with Crippen molar-refractivity contribution in [1.82, 2.24) is 19.4 Å². The minimum atomic E-state index is -0.354. The Morgan fingerprint density at radius 3 is 2.74 bits per heavy atom. The Labute approximate surface area is 211 Å². The highest BCUT2D eigenvalue weighted by Crippen LogP contribution is 2.34. The van der Waals surface area contributed by atoms with E-state index in [1.165, 1.54) is 16.2 Å². The summed E-state index contributed by atoms with van der Waals surface area (Å²) in [6.07, 6.45) is 6.44. The van der Waals surface area contributed by atoms with Gasteiger partial charge in [-0.05, 0) is 64.1 Å². The van der Waals surface area contributed by atoms with Crippen LogP contribution in [0, 0.1) is 0 Å². The van der Waals surface area contributed by atoms with Crippen molar-refractivity contribution in [2.24, 2.45) is 0 Å². The van der Waals surface area contributed by atoms with Crippen LogP contribution >= 0.6 is 22.7 Å². The van der Waals surface area contributed by atoms with Crippen molar-refractivity contribution in [3.8, 4) is 0 Å². The van der Waals surface area contributed by atoms with Crippen LogP contribution in [0.3, 0.4) is 0 Å². The van der Waals surface area contributed by atoms with Gasteiger partial charge in [0.1, 0.15) is 17.2 Å². The van der Waals surface area contributed by atoms with Crippen LogP contribution in [0.1, 0.15) is 54.6 Å². The second-order valence-corrected chi connectivity index (χ2v) is 10.9. The van der Waals surface area contributed by atoms with Crippen LogP contribution in [-0.2, 0) is 46.7 Å². The van der Waals surface area contributed by atoms with Gasteiger partial charge in [0, 0.05) is 10.3 Å². The van der Waals surface area contributed by atoms with Gasteiger partial charge < -0.3 is 10.1 Å². The number of thiazole rings is 1. The molecule has 0 unspecified atom stereocenters. The van der Waals surface area contributed by atoms with E-state index in [-0.39, 0.29) is 30.4 Å². The van der Waals surface area contributed by atoms with E-state index in [9.17, 15) is 14.4 Å². The molecule has 1 saturated heterocycles. The van der Waals surface area contributed by atoms with E-state index >= 15 is 0 Å². The number of hydrogen-bond donors (Lipinski definition) is 1. The maximum atomic E-state index is 13.7. The Balaban J connectivity index is 1.40. The predicted molar refractivity (Wildman–Crippen MR) is 136 cm³/mol. The Kier molecular flexibility index (Phi) is 7.26. The lowest BCUT2D eigenvalue weighted by Gasteiger charge is -2.18. The first-order valence-electron chi connectivity index (χ1n) is 12.2. The standard InChI is InChI=1S/C24H29N5O4S2/c1-2-33-20(31)11-15-14-34-24(25-15)27-19(30)13-29-18(12-28-9-5-6-10-28)26-22-21(23(29)32)16-7-3-4-8-17(16)35-22/h14H,2-13H2,1H3,(H,25,27,30). The van der Waals surface area contributed by atoms with Crippen LogP contribution in [0.25, 0.3) is 10.2 Å². The van der Waals surface area contributed by atoms with Gasteiger partial charge in [-0.3, -0.25) is 23.9 Å². The summed E-state index contributed by atoms with van der Waals surface area (Å²) in [5, 5.41) is 5.59. The number of nitrogens with one attached hydrogen (secondary N) is 1. The van der Waals surface area contributed by atoms with Crippen LogP contribution in [0.2, 0.25) is 0 Å². The van der Waals surface area contributed by atoms with Crippen molar-refractivity contribution in [1.29, 1.82) is 0 Å². The van der Waals surface area contributed by atoms with Crippen molar-refractivity contribution in [2.45, 2.75) is 65.0 Å². The third-order valence-corrected chi connectivity index (χ3v) is 8.44. The molecule has 1 amide bonds. The first kappa shape index (κ1) is 24.1. The molecule has 4 heterocycles. The molecule has 1 N–H and O–H groups in total. The molecule has 3 aromatic heterocycles. The molecule has 3 aromatic rings. The van der Waals surface area contributed by atoms with E-state index in [1.54, 1.807) is 28.2 Å². The second kappa shape index (κ2) is 10.5. The first-order chi connectivity index (χ1) is 17.0. The summed E-state index contributed by atoms with van der Waals surface area (Å²) in [5.41, 5.74) is 1.55. The van der Waals surface area contributed by atoms with E-state index in [1.807, 2.05) is 0 Å². The second-order valence-electron chi connectivity index (χ2n) is 8.97. The summed E-state index contributed by atoms with van der Waals surface area (Å²) in [4.78, 5) is 52.0. The molecule has 0 saturated carbocycles. The van der Waals surface area contributed by atoms with Crippen molar-refractivity contribution in [3.05, 3.63) is 37.7 Å². The highest BCUT2D eigenvalue weighted by molar-refractivity contribution is 7.18. The molecule has 186 valence electrons. The van der Waals surface area contributed by atoms with Gasteiger partial charge in [-0.15, -0.1) is 22.7 Å². The zero-order valence-electron chi connectivity index (χ0n) is 19.8. The summed E-state index contributed by atoms with van der Waals surface area (Å²) < 4.78 is 6.50. The Bertz CT molecular complexity index is 1310. The Morgan fingerprint density at radius 2 is 1.94 bits per heavy atom. The number of nitrogens with zero attached hydrogens (tertiary/aromatic N) is 4. The predicted octanol–water partition coefficient (Wildman–Crippen LogP) is 3.13. The molecule has 0 aromatic carbocycles. The van der Waals surface area contributed by atoms with Gasteiger partial charge in [0.25, 0.3) is 5.56 Å². The van der Waals surface area contributed by atoms with Crippen LogP contribution in [0.5, 0.6) is 0 Å². The quantitative estimate of drug-likeness (QED) is 0.460. The maximum absolute atomic E-state index is 13.7. The first-order valence-corrected chi connectivity index (χ1v) is 13.9. The average molecular weight is 516 g/mol. The number of hydrogen-bond acceptors (Lipinski definition) is 9. The zero-order chi connectivity index (χ0) is 24.4. The largest absolute Gasteiger partial charge is 0.466 e. The van der Waals surface area contributed by atoms with E-state index in [4.69, 9.17) is 9.72 Å².